The summed E-state index contributed by atoms with van der Waals surface area (Å²) in [6, 6.07) is 6.27. The zero-order valence-corrected chi connectivity index (χ0v) is 17.7. The maximum absolute atomic E-state index is 10.8. The van der Waals surface area contributed by atoms with Gasteiger partial charge in [-0.2, -0.15) is 9.97 Å². The molecule has 12 nitrogen and oxygen atoms in total. The number of ether oxygens (including phenoxy) is 2. The molecule has 3 aromatic rings. The second kappa shape index (κ2) is 9.90. The summed E-state index contributed by atoms with van der Waals surface area (Å²) in [6.07, 6.45) is 1.99. The molecule has 1 fully saturated rings. The van der Waals surface area contributed by atoms with Gasteiger partial charge in [-0.1, -0.05) is 18.2 Å². The molecular weight excluding hydrogens is 432 g/mol. The van der Waals surface area contributed by atoms with Crippen LogP contribution in [0.25, 0.3) is 11.2 Å². The molecule has 33 heavy (non-hydrogen) atoms. The van der Waals surface area contributed by atoms with Crippen molar-refractivity contribution in [1.82, 2.24) is 19.5 Å². The first-order valence-electron chi connectivity index (χ1n) is 10.4. The molecule has 0 saturated carbocycles. The number of nitrogens with one attached hydrogen (secondary N) is 1. The van der Waals surface area contributed by atoms with Gasteiger partial charge < -0.3 is 25.0 Å². The molecule has 174 valence electrons. The highest BCUT2D eigenvalue weighted by atomic mass is 16.6. The third-order valence-corrected chi connectivity index (χ3v) is 5.26. The van der Waals surface area contributed by atoms with Crippen molar-refractivity contribution < 1.29 is 24.6 Å². The lowest BCUT2D eigenvalue weighted by Gasteiger charge is -2.14. The molecular formula is C21H24N6O6. The summed E-state index contributed by atoms with van der Waals surface area (Å²) in [6.45, 7) is 4.09. The molecule has 1 aliphatic rings. The number of nitrogens with zero attached hydrogens (tertiary/aromatic N) is 5. The first-order chi connectivity index (χ1) is 16.0. The Kier molecular flexibility index (Phi) is 6.77. The molecule has 3 N–H and O–H groups in total. The Morgan fingerprint density at radius 1 is 1.36 bits per heavy atom. The lowest BCUT2D eigenvalue weighted by Crippen LogP contribution is -2.24. The minimum Gasteiger partial charge on any atom is -0.476 e. The third-order valence-electron chi connectivity index (χ3n) is 5.26. The van der Waals surface area contributed by atoms with Crippen LogP contribution in [0.3, 0.4) is 0 Å². The van der Waals surface area contributed by atoms with Crippen molar-refractivity contribution in [3.63, 3.8) is 0 Å². The monoisotopic (exact) mass is 456 g/mol. The predicted octanol–water partition coefficient (Wildman–Crippen LogP) is 1.59. The molecule has 4 rings (SSSR count). The number of aromatic nitrogens is 4. The van der Waals surface area contributed by atoms with Gasteiger partial charge in [-0.25, -0.2) is 4.98 Å². The maximum atomic E-state index is 10.8. The number of fused-ring (bicyclic) bond motifs is 1. The van der Waals surface area contributed by atoms with Crippen LogP contribution >= 0.6 is 0 Å². The average molecular weight is 456 g/mol. The molecule has 2 aromatic heterocycles. The summed E-state index contributed by atoms with van der Waals surface area (Å²) in [7, 11) is 0. The predicted molar refractivity (Wildman–Crippen MR) is 118 cm³/mol. The van der Waals surface area contributed by atoms with E-state index in [0.717, 1.165) is 5.56 Å². The highest BCUT2D eigenvalue weighted by molar-refractivity contribution is 5.78. The molecule has 0 aliphatic carbocycles. The topological polar surface area (TPSA) is 158 Å². The van der Waals surface area contributed by atoms with Crippen molar-refractivity contribution in [3.05, 3.63) is 58.9 Å². The molecule has 0 bridgehead atoms. The van der Waals surface area contributed by atoms with E-state index in [-0.39, 0.29) is 31.2 Å². The van der Waals surface area contributed by atoms with Gasteiger partial charge in [0.25, 0.3) is 5.69 Å². The van der Waals surface area contributed by atoms with Gasteiger partial charge in [0.15, 0.2) is 11.2 Å². The van der Waals surface area contributed by atoms with Gasteiger partial charge in [0, 0.05) is 31.5 Å². The van der Waals surface area contributed by atoms with Crippen molar-refractivity contribution in [2.75, 3.05) is 25.1 Å². The Bertz CT molecular complexity index is 1130. The summed E-state index contributed by atoms with van der Waals surface area (Å²) < 4.78 is 13.3. The van der Waals surface area contributed by atoms with E-state index >= 15 is 0 Å². The molecule has 1 aliphatic heterocycles. The van der Waals surface area contributed by atoms with Crippen LogP contribution in [0.5, 0.6) is 5.88 Å². The number of hydrogen-bond acceptors (Lipinski definition) is 10. The van der Waals surface area contributed by atoms with Crippen LogP contribution < -0.4 is 10.1 Å². The van der Waals surface area contributed by atoms with Gasteiger partial charge in [0.05, 0.1) is 30.6 Å². The van der Waals surface area contributed by atoms with Gasteiger partial charge in [-0.3, -0.25) is 14.7 Å². The molecule has 3 heterocycles. The van der Waals surface area contributed by atoms with Crippen molar-refractivity contribution in [2.45, 2.75) is 31.3 Å². The highest BCUT2D eigenvalue weighted by Gasteiger charge is 2.35. The number of rotatable bonds is 10. The summed E-state index contributed by atoms with van der Waals surface area (Å²) >= 11 is 0. The maximum Gasteiger partial charge on any atom is 0.269 e. The third kappa shape index (κ3) is 4.92. The van der Waals surface area contributed by atoms with Crippen LogP contribution in [-0.4, -0.2) is 66.6 Å². The first-order valence-corrected chi connectivity index (χ1v) is 10.4. The second-order valence-corrected chi connectivity index (χ2v) is 7.48. The van der Waals surface area contributed by atoms with E-state index in [1.165, 1.54) is 18.5 Å². The van der Waals surface area contributed by atoms with Gasteiger partial charge >= 0.3 is 0 Å². The van der Waals surface area contributed by atoms with Crippen LogP contribution in [0.2, 0.25) is 0 Å². The fraction of sp³-hybridized carbons (Fsp3) is 0.381. The first kappa shape index (κ1) is 22.6. The SMILES string of the molecule is C=CCNc1nc(OCCc2ccc([N+](=O)[O-])cc2)c2ncn(C3CC(O)C(CO)O3)c2n1. The van der Waals surface area contributed by atoms with Gasteiger partial charge in [0.2, 0.25) is 11.8 Å². The number of non-ortho nitro benzene ring substituents is 1. The number of hydrogen-bond donors (Lipinski definition) is 3. The number of aliphatic hydroxyl groups is 2. The van der Waals surface area contributed by atoms with E-state index in [1.807, 2.05) is 0 Å². The number of anilines is 1. The number of imidazole rings is 1. The zero-order valence-electron chi connectivity index (χ0n) is 17.7. The number of benzene rings is 1. The second-order valence-electron chi connectivity index (χ2n) is 7.48. The molecule has 0 amide bonds. The lowest BCUT2D eigenvalue weighted by molar-refractivity contribution is -0.384. The lowest BCUT2D eigenvalue weighted by atomic mass is 10.1. The fourth-order valence-electron chi connectivity index (χ4n) is 3.54. The largest absolute Gasteiger partial charge is 0.476 e. The molecule has 3 unspecified atom stereocenters. The van der Waals surface area contributed by atoms with Crippen LogP contribution in [0, 0.1) is 10.1 Å². The minimum atomic E-state index is -0.796. The molecule has 0 radical (unpaired) electrons. The Morgan fingerprint density at radius 3 is 2.82 bits per heavy atom. The quantitative estimate of drug-likeness (QED) is 0.232. The van der Waals surface area contributed by atoms with E-state index in [1.54, 1.807) is 22.8 Å². The normalized spacial score (nSPS) is 20.1. The molecule has 1 aromatic carbocycles. The van der Waals surface area contributed by atoms with Crippen molar-refractivity contribution >= 4 is 22.8 Å². The zero-order chi connectivity index (χ0) is 23.4. The van der Waals surface area contributed by atoms with E-state index in [4.69, 9.17) is 9.47 Å². The smallest absolute Gasteiger partial charge is 0.269 e. The van der Waals surface area contributed by atoms with Crippen molar-refractivity contribution in [2.24, 2.45) is 0 Å². The summed E-state index contributed by atoms with van der Waals surface area (Å²) in [5.74, 6) is 0.580. The van der Waals surface area contributed by atoms with Gasteiger partial charge in [-0.15, -0.1) is 6.58 Å². The standard InChI is InChI=1S/C21H24N6O6/c1-2-8-22-21-24-19-18(23-12-26(19)17-10-15(29)16(11-28)33-17)20(25-21)32-9-7-13-3-5-14(6-4-13)27(30)31/h2-6,12,15-17,28-29H,1,7-11H2,(H,22,24,25). The van der Waals surface area contributed by atoms with Gasteiger partial charge in [-0.05, 0) is 5.56 Å². The number of nitro groups is 1. The Balaban J connectivity index is 1.55. The minimum absolute atomic E-state index is 0.0309. The summed E-state index contributed by atoms with van der Waals surface area (Å²) in [5.41, 5.74) is 1.79. The molecule has 0 spiro atoms. The molecule has 1 saturated heterocycles. The highest BCUT2D eigenvalue weighted by Crippen LogP contribution is 2.32. The fourth-order valence-corrected chi connectivity index (χ4v) is 3.54. The van der Waals surface area contributed by atoms with E-state index in [0.29, 0.717) is 30.1 Å². The van der Waals surface area contributed by atoms with Crippen LogP contribution in [0.15, 0.2) is 43.2 Å². The number of nitro benzene ring substituents is 1. The van der Waals surface area contributed by atoms with Crippen molar-refractivity contribution in [3.8, 4) is 5.88 Å². The Hall–Kier alpha value is -3.61. The average Bonchev–Trinajstić information content (AvgIpc) is 3.41. The van der Waals surface area contributed by atoms with Crippen LogP contribution in [0.1, 0.15) is 18.2 Å². The molecule has 3 atom stereocenters. The Morgan fingerprint density at radius 2 is 2.15 bits per heavy atom. The van der Waals surface area contributed by atoms with Crippen LogP contribution in [-0.2, 0) is 11.2 Å². The van der Waals surface area contributed by atoms with Crippen molar-refractivity contribution in [1.29, 1.82) is 0 Å². The van der Waals surface area contributed by atoms with E-state index < -0.39 is 23.4 Å². The van der Waals surface area contributed by atoms with E-state index in [2.05, 4.69) is 26.8 Å². The van der Waals surface area contributed by atoms with Crippen LogP contribution in [0.4, 0.5) is 11.6 Å². The summed E-state index contributed by atoms with van der Waals surface area (Å²) in [4.78, 5) is 23.7. The number of aliphatic hydroxyl groups excluding tert-OH is 2. The summed E-state index contributed by atoms with van der Waals surface area (Å²) in [5, 5.41) is 33.3. The van der Waals surface area contributed by atoms with E-state index in [9.17, 15) is 20.3 Å². The Labute approximate surface area is 188 Å². The van der Waals surface area contributed by atoms with Gasteiger partial charge in [0.1, 0.15) is 12.3 Å². The molecule has 12 heteroatoms.